The molecule has 3 saturated carbocycles. The van der Waals surface area contributed by atoms with Gasteiger partial charge in [0.25, 0.3) is 0 Å². The molecule has 0 aliphatic heterocycles. The molecule has 4 rings (SSSR count). The number of carbonyl (C=O) groups is 4. The van der Waals surface area contributed by atoms with Crippen molar-refractivity contribution < 1.29 is 33.8 Å². The van der Waals surface area contributed by atoms with Crippen molar-refractivity contribution >= 4 is 39.4 Å². The van der Waals surface area contributed by atoms with Gasteiger partial charge < -0.3 is 14.6 Å². The smallest absolute Gasteiger partial charge is 0.306 e. The van der Waals surface area contributed by atoms with E-state index in [9.17, 15) is 24.3 Å². The summed E-state index contributed by atoms with van der Waals surface area (Å²) in [5.74, 6) is -2.09. The molecule has 8 heteroatoms. The monoisotopic (exact) mass is 550 g/mol. The maximum atomic E-state index is 13.8. The molecule has 0 heterocycles. The molecule has 4 unspecified atom stereocenters. The summed E-state index contributed by atoms with van der Waals surface area (Å²) in [6.45, 7) is 8.38. The van der Waals surface area contributed by atoms with E-state index >= 15 is 0 Å². The van der Waals surface area contributed by atoms with Crippen molar-refractivity contribution in [3.05, 3.63) is 23.8 Å². The number of esters is 2. The molecule has 4 aliphatic rings. The van der Waals surface area contributed by atoms with Crippen LogP contribution in [0, 0.1) is 34.5 Å². The molecule has 7 nitrogen and oxygen atoms in total. The van der Waals surface area contributed by atoms with E-state index in [1.165, 1.54) is 6.92 Å². The average molecular weight is 551 g/mol. The third kappa shape index (κ3) is 3.78. The van der Waals surface area contributed by atoms with Crippen LogP contribution < -0.4 is 0 Å². The quantitative estimate of drug-likeness (QED) is 0.410. The Kier molecular flexibility index (Phi) is 6.71. The second kappa shape index (κ2) is 8.94. The molecule has 0 radical (unpaired) electrons. The zero-order valence-electron chi connectivity index (χ0n) is 21.0. The number of hydrogen-bond acceptors (Lipinski definition) is 7. The van der Waals surface area contributed by atoms with Gasteiger partial charge in [0.2, 0.25) is 5.78 Å². The fourth-order valence-electron chi connectivity index (χ4n) is 7.96. The number of halogens is 1. The Morgan fingerprint density at radius 2 is 1.94 bits per heavy atom. The average Bonchev–Trinajstić information content (AvgIpc) is 2.99. The van der Waals surface area contributed by atoms with Gasteiger partial charge in [-0.25, -0.2) is 0 Å². The van der Waals surface area contributed by atoms with Gasteiger partial charge in [-0.1, -0.05) is 55.3 Å². The Bertz CT molecular complexity index is 1020. The molecule has 0 aromatic carbocycles. The number of ether oxygens (including phenoxy) is 2. The molecule has 4 aliphatic carbocycles. The number of aliphatic hydroxyl groups is 1. The van der Waals surface area contributed by atoms with Gasteiger partial charge in [-0.15, -0.1) is 0 Å². The van der Waals surface area contributed by atoms with Crippen LogP contribution in [-0.2, 0) is 28.7 Å². The molecule has 0 aromatic rings. The molecule has 35 heavy (non-hydrogen) atoms. The summed E-state index contributed by atoms with van der Waals surface area (Å²) in [6, 6.07) is 0. The molecular formula is C27H35BrO7. The zero-order valence-corrected chi connectivity index (χ0v) is 22.6. The number of rotatable bonds is 5. The maximum absolute atomic E-state index is 13.8. The Hall–Kier alpha value is -1.80. The van der Waals surface area contributed by atoms with Crippen LogP contribution in [0.3, 0.4) is 0 Å². The van der Waals surface area contributed by atoms with Crippen LogP contribution in [0.1, 0.15) is 60.3 Å². The number of allylic oxidation sites excluding steroid dienone is 4. The predicted molar refractivity (Wildman–Crippen MR) is 131 cm³/mol. The van der Waals surface area contributed by atoms with Gasteiger partial charge >= 0.3 is 11.9 Å². The van der Waals surface area contributed by atoms with Gasteiger partial charge in [-0.3, -0.25) is 19.2 Å². The fourth-order valence-corrected chi connectivity index (χ4v) is 9.00. The zero-order chi connectivity index (χ0) is 25.9. The SMILES string of the molecule is CCC(=O)O[C@]1(C(=O)COC(C)=O)[C@@H](C)CC2C3C(C(O)C[C@@]21C)[C@@]1(C)C=CC(=O)C=C1C[C@H]3Br. The van der Waals surface area contributed by atoms with E-state index in [-0.39, 0.29) is 47.1 Å². The van der Waals surface area contributed by atoms with Crippen molar-refractivity contribution in [3.8, 4) is 0 Å². The summed E-state index contributed by atoms with van der Waals surface area (Å²) < 4.78 is 11.1. The summed E-state index contributed by atoms with van der Waals surface area (Å²) in [4.78, 5) is 50.0. The van der Waals surface area contributed by atoms with Crippen LogP contribution in [0.15, 0.2) is 23.8 Å². The number of Topliss-reactive ketones (excluding diaryl/α,β-unsaturated/α-hetero) is 1. The van der Waals surface area contributed by atoms with Crippen molar-refractivity contribution in [2.45, 2.75) is 76.8 Å². The molecule has 0 spiro atoms. The van der Waals surface area contributed by atoms with Gasteiger partial charge in [-0.2, -0.15) is 0 Å². The highest BCUT2D eigenvalue weighted by Gasteiger charge is 2.73. The number of hydrogen-bond donors (Lipinski definition) is 1. The minimum Gasteiger partial charge on any atom is -0.458 e. The van der Waals surface area contributed by atoms with Gasteiger partial charge in [0, 0.05) is 40.8 Å². The topological polar surface area (TPSA) is 107 Å². The Labute approximate surface area is 214 Å². The number of aliphatic hydroxyl groups excluding tert-OH is 1. The van der Waals surface area contributed by atoms with E-state index < -0.39 is 46.9 Å². The van der Waals surface area contributed by atoms with Crippen molar-refractivity contribution in [1.29, 1.82) is 0 Å². The predicted octanol–water partition coefficient (Wildman–Crippen LogP) is 3.71. The van der Waals surface area contributed by atoms with Crippen LogP contribution in [0.25, 0.3) is 0 Å². The van der Waals surface area contributed by atoms with E-state index in [4.69, 9.17) is 9.47 Å². The molecule has 1 N–H and O–H groups in total. The van der Waals surface area contributed by atoms with E-state index in [1.807, 2.05) is 19.9 Å². The van der Waals surface area contributed by atoms with E-state index in [2.05, 4.69) is 22.9 Å². The first-order chi connectivity index (χ1) is 16.3. The Balaban J connectivity index is 1.81. The third-order valence-electron chi connectivity index (χ3n) is 9.41. The minimum absolute atomic E-state index is 0.0150. The molecule has 0 bridgehead atoms. The second-order valence-electron chi connectivity index (χ2n) is 11.2. The lowest BCUT2D eigenvalue weighted by atomic mass is 9.46. The van der Waals surface area contributed by atoms with Crippen LogP contribution >= 0.6 is 15.9 Å². The third-order valence-corrected chi connectivity index (χ3v) is 10.3. The molecule has 192 valence electrons. The van der Waals surface area contributed by atoms with Crippen LogP contribution in [0.4, 0.5) is 0 Å². The van der Waals surface area contributed by atoms with Gasteiger partial charge in [0.1, 0.15) is 0 Å². The fraction of sp³-hybridized carbons (Fsp3) is 0.704. The van der Waals surface area contributed by atoms with Crippen LogP contribution in [0.5, 0.6) is 0 Å². The van der Waals surface area contributed by atoms with Crippen molar-refractivity contribution in [2.24, 2.45) is 34.5 Å². The highest BCUT2D eigenvalue weighted by Crippen LogP contribution is 2.70. The normalized spacial score (nSPS) is 44.0. The molecule has 3 fully saturated rings. The van der Waals surface area contributed by atoms with Gasteiger partial charge in [-0.05, 0) is 43.3 Å². The number of ketones is 2. The van der Waals surface area contributed by atoms with Crippen molar-refractivity contribution in [2.75, 3.05) is 6.61 Å². The number of carbonyl (C=O) groups excluding carboxylic acids is 4. The standard InChI is InChI=1S/C27H35BrO7/c1-6-22(33)35-27(21(32)13-34-15(3)29)14(2)9-18-23-19(28)11-16-10-17(30)7-8-25(16,4)24(23)20(31)12-26(18,27)5/h7-8,10,14,18-20,23-24,31H,6,9,11-13H2,1-5H3/t14-,18?,19+,20?,23?,24?,25-,26-,27-/m0/s1. The first-order valence-corrected chi connectivity index (χ1v) is 13.4. The Morgan fingerprint density at radius 1 is 1.26 bits per heavy atom. The van der Waals surface area contributed by atoms with E-state index in [0.29, 0.717) is 12.8 Å². The summed E-state index contributed by atoms with van der Waals surface area (Å²) in [5, 5.41) is 11.7. The van der Waals surface area contributed by atoms with E-state index in [1.54, 1.807) is 19.1 Å². The lowest BCUT2D eigenvalue weighted by Crippen LogP contribution is -2.65. The summed E-state index contributed by atoms with van der Waals surface area (Å²) in [7, 11) is 0. The maximum Gasteiger partial charge on any atom is 0.306 e. The van der Waals surface area contributed by atoms with Crippen molar-refractivity contribution in [3.63, 3.8) is 0 Å². The minimum atomic E-state index is -1.51. The molecular weight excluding hydrogens is 516 g/mol. The molecule has 0 amide bonds. The second-order valence-corrected chi connectivity index (χ2v) is 12.4. The summed E-state index contributed by atoms with van der Waals surface area (Å²) >= 11 is 3.88. The molecule has 9 atom stereocenters. The van der Waals surface area contributed by atoms with Gasteiger partial charge in [0.05, 0.1) is 6.10 Å². The van der Waals surface area contributed by atoms with Crippen molar-refractivity contribution in [1.82, 2.24) is 0 Å². The van der Waals surface area contributed by atoms with E-state index in [0.717, 1.165) is 5.57 Å². The van der Waals surface area contributed by atoms with Gasteiger partial charge in [0.15, 0.2) is 18.0 Å². The summed E-state index contributed by atoms with van der Waals surface area (Å²) in [5.41, 5.74) is -1.82. The lowest BCUT2D eigenvalue weighted by molar-refractivity contribution is -0.205. The first-order valence-electron chi connectivity index (χ1n) is 12.5. The largest absolute Gasteiger partial charge is 0.458 e. The molecule has 0 saturated heterocycles. The Morgan fingerprint density at radius 3 is 2.57 bits per heavy atom. The number of fused-ring (bicyclic) bond motifs is 5. The summed E-state index contributed by atoms with van der Waals surface area (Å²) in [6.07, 6.45) is 6.08. The van der Waals surface area contributed by atoms with Crippen LogP contribution in [0.2, 0.25) is 0 Å². The first kappa shape index (κ1) is 26.3. The van der Waals surface area contributed by atoms with Crippen LogP contribution in [-0.4, -0.2) is 51.8 Å². The number of alkyl halides is 1. The lowest BCUT2D eigenvalue weighted by Gasteiger charge is -2.61. The highest BCUT2D eigenvalue weighted by molar-refractivity contribution is 9.09. The molecule has 0 aromatic heterocycles. The highest BCUT2D eigenvalue weighted by atomic mass is 79.9.